The van der Waals surface area contributed by atoms with Crippen LogP contribution < -0.4 is 0 Å². The van der Waals surface area contributed by atoms with Crippen molar-refractivity contribution in [3.05, 3.63) is 0 Å². The van der Waals surface area contributed by atoms with Crippen LogP contribution in [0.1, 0.15) is 19.8 Å². The Morgan fingerprint density at radius 2 is 2.11 bits per heavy atom. The first-order valence-electron chi connectivity index (χ1n) is 2.59. The third-order valence-electron chi connectivity index (χ3n) is 0.847. The summed E-state index contributed by atoms with van der Waals surface area (Å²) in [6, 6.07) is 0. The molecular weight excluding hydrogens is 180 g/mol. The van der Waals surface area contributed by atoms with Gasteiger partial charge in [-0.3, -0.25) is 0 Å². The number of hydrogen-bond acceptors (Lipinski definition) is 2. The summed E-state index contributed by atoms with van der Waals surface area (Å²) in [4.78, 5) is 0. The Balaban J connectivity index is 0. The van der Waals surface area contributed by atoms with Crippen LogP contribution in [0.2, 0.25) is 0 Å². The smallest absolute Gasteiger partial charge is 0.186 e. The van der Waals surface area contributed by atoms with E-state index in [0.717, 1.165) is 6.42 Å². The van der Waals surface area contributed by atoms with Gasteiger partial charge in [-0.25, -0.2) is 0 Å². The molecule has 2 N–H and O–H groups in total. The van der Waals surface area contributed by atoms with Gasteiger partial charge < -0.3 is 10.2 Å². The SMILES string of the molecule is CCCC(O)C(O)=S.[Fe]. The molecule has 2 nitrogen and oxygen atoms in total. The first-order valence-corrected chi connectivity index (χ1v) is 3.00. The first-order chi connectivity index (χ1) is 3.68. The van der Waals surface area contributed by atoms with Crippen LogP contribution in [0.4, 0.5) is 0 Å². The van der Waals surface area contributed by atoms with Crippen LogP contribution in [0.25, 0.3) is 0 Å². The van der Waals surface area contributed by atoms with Crippen LogP contribution in [-0.4, -0.2) is 21.4 Å². The van der Waals surface area contributed by atoms with Crippen molar-refractivity contribution in [3.63, 3.8) is 0 Å². The van der Waals surface area contributed by atoms with Crippen molar-refractivity contribution in [2.45, 2.75) is 25.9 Å². The van der Waals surface area contributed by atoms with Gasteiger partial charge in [-0.1, -0.05) is 13.3 Å². The number of hydrogen-bond donors (Lipinski definition) is 2. The topological polar surface area (TPSA) is 40.5 Å². The predicted octanol–water partition coefficient (Wildman–Crippen LogP) is 1.03. The Morgan fingerprint density at radius 1 is 1.67 bits per heavy atom. The molecule has 0 bridgehead atoms. The Bertz CT molecular complexity index is 87.0. The molecule has 4 heteroatoms. The van der Waals surface area contributed by atoms with E-state index in [1.165, 1.54) is 0 Å². The maximum absolute atomic E-state index is 8.74. The summed E-state index contributed by atoms with van der Waals surface area (Å²) in [5.41, 5.74) is 0. The molecule has 0 rings (SSSR count). The fourth-order valence-corrected chi connectivity index (χ4v) is 0.515. The summed E-state index contributed by atoms with van der Waals surface area (Å²) >= 11 is 4.29. The second-order valence-electron chi connectivity index (χ2n) is 1.64. The molecule has 56 valence electrons. The molecule has 1 unspecified atom stereocenters. The second kappa shape index (κ2) is 6.49. The van der Waals surface area contributed by atoms with Gasteiger partial charge in [-0.05, 0) is 18.6 Å². The van der Waals surface area contributed by atoms with Crippen molar-refractivity contribution in [2.75, 3.05) is 0 Å². The Labute approximate surface area is 70.7 Å². The van der Waals surface area contributed by atoms with Gasteiger partial charge in [0.05, 0.1) is 0 Å². The third kappa shape index (κ3) is 6.25. The molecule has 9 heavy (non-hydrogen) atoms. The molecule has 0 aromatic rings. The Hall–Kier alpha value is 0.369. The Kier molecular flexibility index (Phi) is 8.71. The molecule has 0 saturated heterocycles. The van der Waals surface area contributed by atoms with Gasteiger partial charge >= 0.3 is 0 Å². The first kappa shape index (κ1) is 12.1. The van der Waals surface area contributed by atoms with E-state index in [-0.39, 0.29) is 22.1 Å². The molecular formula is C5H10FeO2S. The molecule has 0 aliphatic heterocycles. The molecule has 0 amide bonds. The van der Waals surface area contributed by atoms with Gasteiger partial charge in [0.1, 0.15) is 6.10 Å². The van der Waals surface area contributed by atoms with Gasteiger partial charge in [0.2, 0.25) is 0 Å². The standard InChI is InChI=1S/C5H10O2S.Fe/c1-2-3-4(6)5(7)8;/h4,6H,2-3H2,1H3,(H,7,8);. The minimum atomic E-state index is -0.796. The molecule has 0 aliphatic rings. The summed E-state index contributed by atoms with van der Waals surface area (Å²) in [7, 11) is 0. The maximum atomic E-state index is 8.74. The minimum absolute atomic E-state index is 0. The van der Waals surface area contributed by atoms with E-state index in [1.54, 1.807) is 0 Å². The second-order valence-corrected chi connectivity index (χ2v) is 2.06. The normalized spacial score (nSPS) is 11.8. The maximum Gasteiger partial charge on any atom is 0.186 e. The molecule has 0 radical (unpaired) electrons. The van der Waals surface area contributed by atoms with Crippen molar-refractivity contribution in [3.8, 4) is 0 Å². The minimum Gasteiger partial charge on any atom is -0.500 e. The summed E-state index contributed by atoms with van der Waals surface area (Å²) < 4.78 is 0. The van der Waals surface area contributed by atoms with E-state index in [2.05, 4.69) is 12.2 Å². The summed E-state index contributed by atoms with van der Waals surface area (Å²) in [5.74, 6) is 0. The van der Waals surface area contributed by atoms with Crippen LogP contribution >= 0.6 is 12.2 Å². The zero-order chi connectivity index (χ0) is 6.57. The summed E-state index contributed by atoms with van der Waals surface area (Å²) in [6.45, 7) is 1.92. The Morgan fingerprint density at radius 3 is 2.22 bits per heavy atom. The van der Waals surface area contributed by atoms with Crippen molar-refractivity contribution >= 4 is 17.3 Å². The van der Waals surface area contributed by atoms with Crippen LogP contribution in [0.5, 0.6) is 0 Å². The summed E-state index contributed by atoms with van der Waals surface area (Å²) in [5, 5.41) is 16.9. The predicted molar refractivity (Wildman–Crippen MR) is 36.1 cm³/mol. The zero-order valence-corrected chi connectivity index (χ0v) is 7.07. The summed E-state index contributed by atoms with van der Waals surface area (Å²) in [6.07, 6.45) is 0.590. The molecule has 0 spiro atoms. The van der Waals surface area contributed by atoms with E-state index in [4.69, 9.17) is 10.2 Å². The van der Waals surface area contributed by atoms with Crippen molar-refractivity contribution < 1.29 is 27.3 Å². The van der Waals surface area contributed by atoms with E-state index in [9.17, 15) is 0 Å². The molecule has 0 heterocycles. The molecule has 1 atom stereocenters. The van der Waals surface area contributed by atoms with Crippen LogP contribution in [0.3, 0.4) is 0 Å². The number of aliphatic hydroxyl groups excluding tert-OH is 2. The quantitative estimate of drug-likeness (QED) is 0.515. The van der Waals surface area contributed by atoms with Gasteiger partial charge in [-0.15, -0.1) is 0 Å². The van der Waals surface area contributed by atoms with Crippen molar-refractivity contribution in [1.82, 2.24) is 0 Å². The van der Waals surface area contributed by atoms with E-state index >= 15 is 0 Å². The average molecular weight is 190 g/mol. The molecule has 0 aromatic heterocycles. The van der Waals surface area contributed by atoms with E-state index in [0.29, 0.717) is 6.42 Å². The van der Waals surface area contributed by atoms with Gasteiger partial charge in [0, 0.05) is 17.1 Å². The zero-order valence-electron chi connectivity index (χ0n) is 5.15. The fourth-order valence-electron chi connectivity index (χ4n) is 0.397. The van der Waals surface area contributed by atoms with E-state index < -0.39 is 6.10 Å². The molecule has 0 fully saturated rings. The number of thiocarbonyl (C=S) groups is 1. The number of rotatable bonds is 3. The molecule has 0 aliphatic carbocycles. The van der Waals surface area contributed by atoms with Gasteiger partial charge in [0.15, 0.2) is 5.05 Å². The number of aliphatic hydroxyl groups is 2. The largest absolute Gasteiger partial charge is 0.500 e. The van der Waals surface area contributed by atoms with Crippen molar-refractivity contribution in [1.29, 1.82) is 0 Å². The van der Waals surface area contributed by atoms with E-state index in [1.807, 2.05) is 6.92 Å². The fraction of sp³-hybridized carbons (Fsp3) is 0.800. The van der Waals surface area contributed by atoms with Crippen LogP contribution in [-0.2, 0) is 17.1 Å². The van der Waals surface area contributed by atoms with Crippen LogP contribution in [0, 0.1) is 0 Å². The monoisotopic (exact) mass is 190 g/mol. The van der Waals surface area contributed by atoms with Crippen molar-refractivity contribution in [2.24, 2.45) is 0 Å². The molecule has 0 saturated carbocycles. The third-order valence-corrected chi connectivity index (χ3v) is 1.12. The van der Waals surface area contributed by atoms with Gasteiger partial charge in [0.25, 0.3) is 0 Å². The van der Waals surface area contributed by atoms with Crippen LogP contribution in [0.15, 0.2) is 0 Å². The molecule has 0 aromatic carbocycles. The van der Waals surface area contributed by atoms with Gasteiger partial charge in [-0.2, -0.15) is 0 Å². The average Bonchev–Trinajstić information content (AvgIpc) is 1.67.